The molecule has 2 N–H and O–H groups in total. The molecule has 0 atom stereocenters. The Hall–Kier alpha value is -2.39. The van der Waals surface area contributed by atoms with Gasteiger partial charge in [-0.15, -0.1) is 0 Å². The minimum atomic E-state index is -0.712. The highest BCUT2D eigenvalue weighted by Crippen LogP contribution is 2.37. The summed E-state index contributed by atoms with van der Waals surface area (Å²) >= 11 is 5.87. The van der Waals surface area contributed by atoms with Crippen LogP contribution in [0.1, 0.15) is 21.5 Å². The molecule has 0 spiro atoms. The molecule has 2 aromatic rings. The average Bonchev–Trinajstić information content (AvgIpc) is 2.74. The zero-order valence-corrected chi connectivity index (χ0v) is 11.1. The molecular formula is C16H10ClNO2. The van der Waals surface area contributed by atoms with E-state index in [-0.39, 0.29) is 11.4 Å². The molecule has 98 valence electrons. The van der Waals surface area contributed by atoms with Gasteiger partial charge in [0.05, 0.1) is 5.57 Å². The fraction of sp³-hybridized carbons (Fsp3) is 0. The number of nitrogens with two attached hydrogens (primary N) is 1. The molecule has 1 aliphatic carbocycles. The third kappa shape index (κ3) is 1.84. The summed E-state index contributed by atoms with van der Waals surface area (Å²) in [6.45, 7) is 0. The van der Waals surface area contributed by atoms with Gasteiger partial charge in [0.1, 0.15) is 0 Å². The van der Waals surface area contributed by atoms with Crippen molar-refractivity contribution in [3.05, 3.63) is 75.8 Å². The van der Waals surface area contributed by atoms with Crippen molar-refractivity contribution < 1.29 is 9.59 Å². The summed E-state index contributed by atoms with van der Waals surface area (Å²) in [5, 5.41) is 0.590. The molecule has 1 aliphatic rings. The Morgan fingerprint density at radius 1 is 0.950 bits per heavy atom. The van der Waals surface area contributed by atoms with Crippen LogP contribution >= 0.6 is 11.6 Å². The molecule has 3 rings (SSSR count). The van der Waals surface area contributed by atoms with Crippen LogP contribution in [-0.4, -0.2) is 11.7 Å². The Kier molecular flexibility index (Phi) is 2.92. The first kappa shape index (κ1) is 12.6. The molecule has 0 saturated heterocycles. The lowest BCUT2D eigenvalue weighted by molar-refractivity contribution is -0.114. The maximum absolute atomic E-state index is 12.3. The van der Waals surface area contributed by atoms with Gasteiger partial charge in [-0.1, -0.05) is 48.0 Å². The molecule has 4 heteroatoms. The Morgan fingerprint density at radius 2 is 1.55 bits per heavy atom. The first-order valence-corrected chi connectivity index (χ1v) is 6.41. The predicted octanol–water partition coefficient (Wildman–Crippen LogP) is 2.82. The first-order valence-electron chi connectivity index (χ1n) is 6.03. The van der Waals surface area contributed by atoms with Crippen molar-refractivity contribution in [2.24, 2.45) is 5.73 Å². The molecule has 3 nitrogen and oxygen atoms in total. The van der Waals surface area contributed by atoms with Gasteiger partial charge in [0, 0.05) is 16.2 Å². The van der Waals surface area contributed by atoms with Gasteiger partial charge in [0.25, 0.3) is 5.91 Å². The van der Waals surface area contributed by atoms with Crippen LogP contribution in [0.4, 0.5) is 0 Å². The summed E-state index contributed by atoms with van der Waals surface area (Å²) in [4.78, 5) is 24.0. The lowest BCUT2D eigenvalue weighted by atomic mass is 9.97. The van der Waals surface area contributed by atoms with Crippen molar-refractivity contribution in [3.63, 3.8) is 0 Å². The normalized spacial score (nSPS) is 13.6. The summed E-state index contributed by atoms with van der Waals surface area (Å²) in [6, 6.07) is 14.1. The van der Waals surface area contributed by atoms with E-state index in [0.717, 1.165) is 11.1 Å². The molecule has 0 bridgehead atoms. The van der Waals surface area contributed by atoms with Crippen molar-refractivity contribution in [3.8, 4) is 0 Å². The zero-order chi connectivity index (χ0) is 14.3. The molecule has 1 amide bonds. The Labute approximate surface area is 120 Å². The average molecular weight is 284 g/mol. The van der Waals surface area contributed by atoms with E-state index in [9.17, 15) is 9.59 Å². The van der Waals surface area contributed by atoms with E-state index in [2.05, 4.69) is 0 Å². The Balaban J connectivity index is 2.30. The lowest BCUT2D eigenvalue weighted by Crippen LogP contribution is -2.19. The van der Waals surface area contributed by atoms with Gasteiger partial charge >= 0.3 is 0 Å². The van der Waals surface area contributed by atoms with Crippen molar-refractivity contribution in [1.82, 2.24) is 0 Å². The Morgan fingerprint density at radius 3 is 2.15 bits per heavy atom. The van der Waals surface area contributed by atoms with Crippen LogP contribution < -0.4 is 5.73 Å². The smallest absolute Gasteiger partial charge is 0.253 e. The van der Waals surface area contributed by atoms with E-state index in [1.165, 1.54) is 0 Å². The second-order valence-corrected chi connectivity index (χ2v) is 4.93. The highest BCUT2D eigenvalue weighted by atomic mass is 35.5. The summed E-state index contributed by atoms with van der Waals surface area (Å²) in [6.07, 6.45) is 0. The van der Waals surface area contributed by atoms with Crippen LogP contribution in [0.2, 0.25) is 5.02 Å². The maximum Gasteiger partial charge on any atom is 0.253 e. The number of fused-ring (bicyclic) bond motifs is 1. The monoisotopic (exact) mass is 283 g/mol. The van der Waals surface area contributed by atoms with Gasteiger partial charge in [-0.3, -0.25) is 9.59 Å². The molecule has 0 unspecified atom stereocenters. The summed E-state index contributed by atoms with van der Waals surface area (Å²) in [7, 11) is 0. The number of rotatable bonds is 2. The molecule has 0 aliphatic heterocycles. The second-order valence-electron chi connectivity index (χ2n) is 4.50. The fourth-order valence-electron chi connectivity index (χ4n) is 2.43. The summed E-state index contributed by atoms with van der Waals surface area (Å²) < 4.78 is 0. The van der Waals surface area contributed by atoms with Gasteiger partial charge in [0.2, 0.25) is 0 Å². The van der Waals surface area contributed by atoms with Crippen LogP contribution in [0.5, 0.6) is 0 Å². The predicted molar refractivity (Wildman–Crippen MR) is 77.4 cm³/mol. The van der Waals surface area contributed by atoms with Crippen molar-refractivity contribution >= 4 is 28.9 Å². The number of Topliss-reactive ketones (excluding diaryl/α,β-unsaturated/α-hetero) is 1. The van der Waals surface area contributed by atoms with Crippen molar-refractivity contribution in [2.75, 3.05) is 0 Å². The van der Waals surface area contributed by atoms with Crippen molar-refractivity contribution in [1.29, 1.82) is 0 Å². The van der Waals surface area contributed by atoms with E-state index in [4.69, 9.17) is 17.3 Å². The van der Waals surface area contributed by atoms with E-state index in [1.54, 1.807) is 36.4 Å². The molecule has 0 aromatic heterocycles. The van der Waals surface area contributed by atoms with E-state index in [0.29, 0.717) is 16.2 Å². The van der Waals surface area contributed by atoms with Gasteiger partial charge in [0.15, 0.2) is 5.78 Å². The summed E-state index contributed by atoms with van der Waals surface area (Å²) in [5.41, 5.74) is 7.98. The van der Waals surface area contributed by atoms with Gasteiger partial charge in [-0.05, 0) is 23.3 Å². The topological polar surface area (TPSA) is 60.2 Å². The van der Waals surface area contributed by atoms with E-state index >= 15 is 0 Å². The minimum Gasteiger partial charge on any atom is -0.365 e. The lowest BCUT2D eigenvalue weighted by Gasteiger charge is -2.06. The second kappa shape index (κ2) is 4.62. The first-order chi connectivity index (χ1) is 9.59. The van der Waals surface area contributed by atoms with Gasteiger partial charge in [-0.25, -0.2) is 0 Å². The number of ketones is 1. The number of halogens is 1. The van der Waals surface area contributed by atoms with Crippen LogP contribution in [0, 0.1) is 0 Å². The zero-order valence-electron chi connectivity index (χ0n) is 10.4. The number of benzene rings is 2. The van der Waals surface area contributed by atoms with E-state index in [1.807, 2.05) is 12.1 Å². The van der Waals surface area contributed by atoms with Gasteiger partial charge in [-0.2, -0.15) is 0 Å². The van der Waals surface area contributed by atoms with Crippen LogP contribution in [0.15, 0.2) is 54.1 Å². The largest absolute Gasteiger partial charge is 0.365 e. The molecular weight excluding hydrogens is 274 g/mol. The molecule has 0 saturated carbocycles. The molecule has 2 aromatic carbocycles. The highest BCUT2D eigenvalue weighted by molar-refractivity contribution is 6.36. The summed E-state index contributed by atoms with van der Waals surface area (Å²) in [5.74, 6) is -1.03. The number of amides is 1. The van der Waals surface area contributed by atoms with Crippen LogP contribution in [-0.2, 0) is 4.79 Å². The highest BCUT2D eigenvalue weighted by Gasteiger charge is 2.33. The third-order valence-corrected chi connectivity index (χ3v) is 3.55. The number of hydrogen-bond donors (Lipinski definition) is 1. The Bertz CT molecular complexity index is 760. The number of primary amides is 1. The van der Waals surface area contributed by atoms with E-state index < -0.39 is 5.91 Å². The number of carbonyl (C=O) groups excluding carboxylic acids is 2. The van der Waals surface area contributed by atoms with Crippen LogP contribution in [0.25, 0.3) is 5.57 Å². The number of carbonyl (C=O) groups is 2. The molecule has 0 fully saturated rings. The molecule has 20 heavy (non-hydrogen) atoms. The van der Waals surface area contributed by atoms with Gasteiger partial charge < -0.3 is 5.73 Å². The van der Waals surface area contributed by atoms with Crippen LogP contribution in [0.3, 0.4) is 0 Å². The quantitative estimate of drug-likeness (QED) is 0.862. The van der Waals surface area contributed by atoms with Crippen molar-refractivity contribution in [2.45, 2.75) is 0 Å². The molecule has 0 radical (unpaired) electrons. The molecule has 0 heterocycles. The standard InChI is InChI=1S/C16H10ClNO2/c17-10-7-5-9(6-8-10)13-11-3-1-2-4-12(11)15(19)14(13)16(18)20/h1-8H,(H2,18,20). The third-order valence-electron chi connectivity index (χ3n) is 3.30. The number of hydrogen-bond acceptors (Lipinski definition) is 2. The maximum atomic E-state index is 12.3. The minimum absolute atomic E-state index is 0.0357. The SMILES string of the molecule is NC(=O)C1=C(c2ccc(Cl)cc2)c2ccccc2C1=O. The fourth-order valence-corrected chi connectivity index (χ4v) is 2.56.